The van der Waals surface area contributed by atoms with Gasteiger partial charge >= 0.3 is 0 Å². The fourth-order valence-corrected chi connectivity index (χ4v) is 2.60. The summed E-state index contributed by atoms with van der Waals surface area (Å²) in [5.74, 6) is 0.657. The number of anilines is 2. The van der Waals surface area contributed by atoms with Crippen LogP contribution in [-0.2, 0) is 6.42 Å². The van der Waals surface area contributed by atoms with Crippen LogP contribution in [0.4, 0.5) is 11.5 Å². The zero-order valence-electron chi connectivity index (χ0n) is 10.7. The number of fused-ring (bicyclic) bond motifs is 1. The molecule has 0 spiro atoms. The summed E-state index contributed by atoms with van der Waals surface area (Å²) in [7, 11) is 0. The number of para-hydroxylation sites is 1. The molecule has 0 aliphatic carbocycles. The maximum absolute atomic E-state index is 9.20. The molecule has 3 rings (SSSR count). The van der Waals surface area contributed by atoms with Crippen LogP contribution in [0.2, 0.25) is 0 Å². The van der Waals surface area contributed by atoms with Gasteiger partial charge in [0.2, 0.25) is 0 Å². The standard InChI is InChI=1S/C15H14N4/c1-11-6-7-12-4-2-3-5-14(12)19(11)15-13(10-16)17-8-9-18-15/h2-5,8-9,11H,6-7H2,1H3. The first-order chi connectivity index (χ1) is 9.31. The van der Waals surface area contributed by atoms with Crippen LogP contribution in [-0.4, -0.2) is 16.0 Å². The van der Waals surface area contributed by atoms with Gasteiger partial charge in [0.15, 0.2) is 11.5 Å². The molecule has 2 heterocycles. The van der Waals surface area contributed by atoms with E-state index in [9.17, 15) is 5.26 Å². The Bertz CT molecular complexity index is 645. The zero-order chi connectivity index (χ0) is 13.2. The number of hydrogen-bond acceptors (Lipinski definition) is 4. The fraction of sp³-hybridized carbons (Fsp3) is 0.267. The van der Waals surface area contributed by atoms with Crippen molar-refractivity contribution in [2.45, 2.75) is 25.8 Å². The number of hydrogen-bond donors (Lipinski definition) is 0. The Kier molecular flexibility index (Phi) is 2.88. The average Bonchev–Trinajstić information content (AvgIpc) is 2.47. The van der Waals surface area contributed by atoms with Crippen molar-refractivity contribution in [2.75, 3.05) is 4.90 Å². The number of aromatic nitrogens is 2. The molecular formula is C15H14N4. The lowest BCUT2D eigenvalue weighted by Gasteiger charge is -2.36. The van der Waals surface area contributed by atoms with E-state index in [-0.39, 0.29) is 0 Å². The lowest BCUT2D eigenvalue weighted by molar-refractivity contribution is 0.612. The second-order valence-corrected chi connectivity index (χ2v) is 4.73. The molecule has 4 nitrogen and oxygen atoms in total. The summed E-state index contributed by atoms with van der Waals surface area (Å²) >= 11 is 0. The molecule has 1 aliphatic heterocycles. The van der Waals surface area contributed by atoms with Crippen molar-refractivity contribution in [3.63, 3.8) is 0 Å². The molecule has 94 valence electrons. The molecule has 0 bridgehead atoms. The Balaban J connectivity index is 2.17. The monoisotopic (exact) mass is 250 g/mol. The first kappa shape index (κ1) is 11.7. The van der Waals surface area contributed by atoms with Crippen molar-refractivity contribution < 1.29 is 0 Å². The van der Waals surface area contributed by atoms with Crippen molar-refractivity contribution in [1.82, 2.24) is 9.97 Å². The van der Waals surface area contributed by atoms with Crippen LogP contribution in [0, 0.1) is 11.3 Å². The van der Waals surface area contributed by atoms with Crippen LogP contribution in [0.1, 0.15) is 24.6 Å². The highest BCUT2D eigenvalue weighted by molar-refractivity contribution is 5.69. The molecule has 0 saturated carbocycles. The summed E-state index contributed by atoms with van der Waals surface area (Å²) in [5, 5.41) is 9.20. The molecule has 19 heavy (non-hydrogen) atoms. The molecule has 1 unspecified atom stereocenters. The van der Waals surface area contributed by atoms with Gasteiger partial charge in [-0.15, -0.1) is 0 Å². The molecule has 2 aromatic rings. The van der Waals surface area contributed by atoms with Crippen molar-refractivity contribution >= 4 is 11.5 Å². The van der Waals surface area contributed by atoms with E-state index in [1.54, 1.807) is 12.4 Å². The molecule has 0 saturated heterocycles. The molecule has 1 aromatic carbocycles. The maximum Gasteiger partial charge on any atom is 0.183 e. The van der Waals surface area contributed by atoms with E-state index in [4.69, 9.17) is 0 Å². The highest BCUT2D eigenvalue weighted by Gasteiger charge is 2.27. The van der Waals surface area contributed by atoms with Gasteiger partial charge in [-0.2, -0.15) is 5.26 Å². The third-order valence-corrected chi connectivity index (χ3v) is 3.54. The van der Waals surface area contributed by atoms with Gasteiger partial charge in [0.1, 0.15) is 6.07 Å². The van der Waals surface area contributed by atoms with Crippen molar-refractivity contribution in [2.24, 2.45) is 0 Å². The number of nitrogens with zero attached hydrogens (tertiary/aromatic N) is 4. The van der Waals surface area contributed by atoms with Gasteiger partial charge in [0, 0.05) is 24.1 Å². The van der Waals surface area contributed by atoms with E-state index in [2.05, 4.69) is 46.1 Å². The molecule has 1 aliphatic rings. The SMILES string of the molecule is CC1CCc2ccccc2N1c1nccnc1C#N. The van der Waals surface area contributed by atoms with E-state index in [1.807, 2.05) is 6.07 Å². The van der Waals surface area contributed by atoms with Crippen LogP contribution >= 0.6 is 0 Å². The smallest absolute Gasteiger partial charge is 0.183 e. The third kappa shape index (κ3) is 1.93. The predicted molar refractivity (Wildman–Crippen MR) is 73.1 cm³/mol. The van der Waals surface area contributed by atoms with Gasteiger partial charge in [0.25, 0.3) is 0 Å². The van der Waals surface area contributed by atoms with Crippen molar-refractivity contribution in [3.8, 4) is 6.07 Å². The van der Waals surface area contributed by atoms with E-state index < -0.39 is 0 Å². The topological polar surface area (TPSA) is 52.8 Å². The summed E-state index contributed by atoms with van der Waals surface area (Å²) in [6.45, 7) is 2.16. The summed E-state index contributed by atoms with van der Waals surface area (Å²) in [4.78, 5) is 10.6. The van der Waals surface area contributed by atoms with Crippen LogP contribution in [0.25, 0.3) is 0 Å². The first-order valence-corrected chi connectivity index (χ1v) is 6.39. The third-order valence-electron chi connectivity index (χ3n) is 3.54. The minimum absolute atomic E-state index is 0.318. The highest BCUT2D eigenvalue weighted by Crippen LogP contribution is 2.36. The van der Waals surface area contributed by atoms with E-state index in [0.717, 1.165) is 18.5 Å². The number of benzene rings is 1. The van der Waals surface area contributed by atoms with Crippen molar-refractivity contribution in [1.29, 1.82) is 5.26 Å². The quantitative estimate of drug-likeness (QED) is 0.781. The fourth-order valence-electron chi connectivity index (χ4n) is 2.60. The van der Waals surface area contributed by atoms with E-state index in [0.29, 0.717) is 17.6 Å². The molecule has 0 fully saturated rings. The lowest BCUT2D eigenvalue weighted by atomic mass is 9.96. The lowest BCUT2D eigenvalue weighted by Crippen LogP contribution is -2.34. The second kappa shape index (κ2) is 4.69. The van der Waals surface area contributed by atoms with Crippen molar-refractivity contribution in [3.05, 3.63) is 47.9 Å². The van der Waals surface area contributed by atoms with Crippen LogP contribution in [0.3, 0.4) is 0 Å². The molecule has 1 aromatic heterocycles. The van der Waals surface area contributed by atoms with Crippen LogP contribution in [0.5, 0.6) is 0 Å². The zero-order valence-corrected chi connectivity index (χ0v) is 10.7. The molecule has 0 radical (unpaired) electrons. The molecule has 4 heteroatoms. The number of rotatable bonds is 1. The van der Waals surface area contributed by atoms with Gasteiger partial charge in [-0.3, -0.25) is 0 Å². The molecule has 0 amide bonds. The molecule has 0 N–H and O–H groups in total. The molecular weight excluding hydrogens is 236 g/mol. The van der Waals surface area contributed by atoms with Gasteiger partial charge in [-0.05, 0) is 31.4 Å². The van der Waals surface area contributed by atoms with E-state index in [1.165, 1.54) is 5.56 Å². The number of aryl methyl sites for hydroxylation is 1. The van der Waals surface area contributed by atoms with Gasteiger partial charge in [0.05, 0.1) is 0 Å². The average molecular weight is 250 g/mol. The van der Waals surface area contributed by atoms with Gasteiger partial charge < -0.3 is 4.90 Å². The van der Waals surface area contributed by atoms with E-state index >= 15 is 0 Å². The van der Waals surface area contributed by atoms with Crippen LogP contribution < -0.4 is 4.90 Å². The summed E-state index contributed by atoms with van der Waals surface area (Å²) in [5.41, 5.74) is 2.82. The Morgan fingerprint density at radius 3 is 2.89 bits per heavy atom. The number of nitriles is 1. The minimum Gasteiger partial charge on any atom is -0.321 e. The summed E-state index contributed by atoms with van der Waals surface area (Å²) < 4.78 is 0. The maximum atomic E-state index is 9.20. The minimum atomic E-state index is 0.318. The van der Waals surface area contributed by atoms with Gasteiger partial charge in [-0.25, -0.2) is 9.97 Å². The normalized spacial score (nSPS) is 17.7. The Labute approximate surface area is 112 Å². The first-order valence-electron chi connectivity index (χ1n) is 6.39. The Hall–Kier alpha value is -2.41. The largest absolute Gasteiger partial charge is 0.321 e. The van der Waals surface area contributed by atoms with Crippen LogP contribution in [0.15, 0.2) is 36.7 Å². The Morgan fingerprint density at radius 2 is 2.05 bits per heavy atom. The summed E-state index contributed by atoms with van der Waals surface area (Å²) in [6, 6.07) is 10.7. The second-order valence-electron chi connectivity index (χ2n) is 4.73. The predicted octanol–water partition coefficient (Wildman–Crippen LogP) is 2.82. The Morgan fingerprint density at radius 1 is 1.26 bits per heavy atom. The molecule has 1 atom stereocenters. The highest BCUT2D eigenvalue weighted by atomic mass is 15.2. The summed E-state index contributed by atoms with van der Waals surface area (Å²) in [6.07, 6.45) is 5.32. The van der Waals surface area contributed by atoms with Gasteiger partial charge in [-0.1, -0.05) is 18.2 Å².